The van der Waals surface area contributed by atoms with E-state index in [-0.39, 0.29) is 22.1 Å². The summed E-state index contributed by atoms with van der Waals surface area (Å²) in [6.45, 7) is 1.36. The highest BCUT2D eigenvalue weighted by molar-refractivity contribution is 9.09. The quantitative estimate of drug-likeness (QED) is 0.369. The number of Topliss-reactive ketones (excluding diaryl/α,β-unsaturated/α-hetero) is 1. The molecule has 0 spiro atoms. The van der Waals surface area contributed by atoms with E-state index >= 15 is 0 Å². The maximum absolute atomic E-state index is 13.3. The van der Waals surface area contributed by atoms with Crippen LogP contribution in [0.2, 0.25) is 0 Å². The molecule has 0 fully saturated rings. The topological polar surface area (TPSA) is 60.2 Å². The number of alkyl halides is 1. The van der Waals surface area contributed by atoms with Crippen LogP contribution in [0.5, 0.6) is 0 Å². The van der Waals surface area contributed by atoms with Crippen molar-refractivity contribution in [1.29, 1.82) is 0 Å². The van der Waals surface area contributed by atoms with Gasteiger partial charge in [0.25, 0.3) is 5.69 Å². The van der Waals surface area contributed by atoms with Gasteiger partial charge in [0, 0.05) is 11.6 Å². The predicted octanol–water partition coefficient (Wildman–Crippen LogP) is 2.62. The molecule has 0 bridgehead atoms. The highest BCUT2D eigenvalue weighted by Crippen LogP contribution is 2.24. The first kappa shape index (κ1) is 11.8. The molecule has 0 saturated carbocycles. The van der Waals surface area contributed by atoms with Crippen LogP contribution < -0.4 is 0 Å². The molecule has 0 radical (unpaired) electrons. The van der Waals surface area contributed by atoms with Gasteiger partial charge in [-0.25, -0.2) is 4.39 Å². The van der Waals surface area contributed by atoms with Crippen LogP contribution in [0.1, 0.15) is 15.9 Å². The van der Waals surface area contributed by atoms with Crippen LogP contribution in [0, 0.1) is 22.9 Å². The lowest BCUT2D eigenvalue weighted by atomic mass is 10.0. The van der Waals surface area contributed by atoms with Crippen LogP contribution in [-0.4, -0.2) is 16.0 Å². The average Bonchev–Trinajstić information content (AvgIpc) is 2.16. The molecule has 1 aromatic carbocycles. The Hall–Kier alpha value is -1.30. The van der Waals surface area contributed by atoms with Crippen molar-refractivity contribution in [2.24, 2.45) is 0 Å². The van der Waals surface area contributed by atoms with Crippen LogP contribution in [0.25, 0.3) is 0 Å². The summed E-state index contributed by atoms with van der Waals surface area (Å²) in [5.41, 5.74) is -0.411. The molecule has 80 valence electrons. The standard InChI is InChI=1S/C9H7BrFNO3/c1-5-7(12(14)15)3-2-6(11)9(5)8(13)4-10/h2-3H,4H2,1H3. The van der Waals surface area contributed by atoms with Gasteiger partial charge in [-0.3, -0.25) is 14.9 Å². The van der Waals surface area contributed by atoms with E-state index < -0.39 is 16.5 Å². The normalized spacial score (nSPS) is 10.1. The van der Waals surface area contributed by atoms with Gasteiger partial charge in [-0.15, -0.1) is 0 Å². The van der Waals surface area contributed by atoms with Gasteiger partial charge < -0.3 is 0 Å². The monoisotopic (exact) mass is 275 g/mol. The van der Waals surface area contributed by atoms with Gasteiger partial charge >= 0.3 is 0 Å². The van der Waals surface area contributed by atoms with E-state index in [1.807, 2.05) is 0 Å². The number of carbonyl (C=O) groups is 1. The lowest BCUT2D eigenvalue weighted by molar-refractivity contribution is -0.385. The zero-order valence-corrected chi connectivity index (χ0v) is 9.38. The van der Waals surface area contributed by atoms with E-state index in [4.69, 9.17) is 0 Å². The number of nitro benzene ring substituents is 1. The van der Waals surface area contributed by atoms with Crippen LogP contribution in [0.4, 0.5) is 10.1 Å². The van der Waals surface area contributed by atoms with Gasteiger partial charge in [0.2, 0.25) is 0 Å². The number of rotatable bonds is 3. The van der Waals surface area contributed by atoms with Crippen molar-refractivity contribution >= 4 is 27.4 Å². The zero-order chi connectivity index (χ0) is 11.6. The molecule has 0 saturated heterocycles. The van der Waals surface area contributed by atoms with Crippen LogP contribution >= 0.6 is 15.9 Å². The Morgan fingerprint density at radius 2 is 2.20 bits per heavy atom. The van der Waals surface area contributed by atoms with Crippen LogP contribution in [-0.2, 0) is 0 Å². The molecule has 0 aliphatic heterocycles. The van der Waals surface area contributed by atoms with Gasteiger partial charge in [-0.2, -0.15) is 0 Å². The lowest BCUT2D eigenvalue weighted by Crippen LogP contribution is -2.08. The van der Waals surface area contributed by atoms with Crippen LogP contribution in [0.3, 0.4) is 0 Å². The zero-order valence-electron chi connectivity index (χ0n) is 7.79. The summed E-state index contributed by atoms with van der Waals surface area (Å²) in [6, 6.07) is 1.98. The molecular weight excluding hydrogens is 269 g/mol. The highest BCUT2D eigenvalue weighted by Gasteiger charge is 2.21. The van der Waals surface area contributed by atoms with Gasteiger partial charge in [0.1, 0.15) is 5.82 Å². The van der Waals surface area contributed by atoms with Crippen LogP contribution in [0.15, 0.2) is 12.1 Å². The summed E-state index contributed by atoms with van der Waals surface area (Å²) in [5.74, 6) is -1.24. The number of ketones is 1. The van der Waals surface area contributed by atoms with E-state index in [9.17, 15) is 19.3 Å². The lowest BCUT2D eigenvalue weighted by Gasteiger charge is -2.04. The molecule has 1 rings (SSSR count). The fraction of sp³-hybridized carbons (Fsp3) is 0.222. The maximum Gasteiger partial charge on any atom is 0.273 e. The molecule has 0 atom stereocenters. The second kappa shape index (κ2) is 4.48. The summed E-state index contributed by atoms with van der Waals surface area (Å²) in [4.78, 5) is 21.2. The second-order valence-corrected chi connectivity index (χ2v) is 3.44. The molecule has 0 N–H and O–H groups in total. The van der Waals surface area contributed by atoms with Crippen molar-refractivity contribution in [2.75, 3.05) is 5.33 Å². The molecule has 15 heavy (non-hydrogen) atoms. The second-order valence-electron chi connectivity index (χ2n) is 2.88. The molecule has 1 aromatic rings. The Morgan fingerprint density at radius 1 is 1.60 bits per heavy atom. The third-order valence-electron chi connectivity index (χ3n) is 1.98. The molecule has 0 heterocycles. The minimum Gasteiger partial charge on any atom is -0.293 e. The SMILES string of the molecule is Cc1c([N+](=O)[O-])ccc(F)c1C(=O)CBr. The number of hydrogen-bond donors (Lipinski definition) is 0. The molecule has 0 amide bonds. The van der Waals surface area contributed by atoms with Crippen molar-refractivity contribution in [3.05, 3.63) is 39.2 Å². The van der Waals surface area contributed by atoms with Crippen molar-refractivity contribution in [3.8, 4) is 0 Å². The highest BCUT2D eigenvalue weighted by atomic mass is 79.9. The van der Waals surface area contributed by atoms with E-state index in [0.29, 0.717) is 0 Å². The Labute approximate surface area is 93.4 Å². The number of nitrogens with zero attached hydrogens (tertiary/aromatic N) is 1. The fourth-order valence-corrected chi connectivity index (χ4v) is 1.55. The minimum absolute atomic E-state index is 0.0597. The third-order valence-corrected chi connectivity index (χ3v) is 2.49. The molecular formula is C9H7BrFNO3. The van der Waals surface area contributed by atoms with Crippen molar-refractivity contribution in [1.82, 2.24) is 0 Å². The van der Waals surface area contributed by atoms with Crippen molar-refractivity contribution in [3.63, 3.8) is 0 Å². The number of nitro groups is 1. The molecule has 0 aliphatic rings. The molecule has 4 nitrogen and oxygen atoms in total. The Bertz CT molecular complexity index is 434. The first-order valence-corrected chi connectivity index (χ1v) is 5.13. The van der Waals surface area contributed by atoms with Gasteiger partial charge in [0.05, 0.1) is 15.8 Å². The first-order chi connectivity index (χ1) is 6.99. The van der Waals surface area contributed by atoms with E-state index in [0.717, 1.165) is 12.1 Å². The Morgan fingerprint density at radius 3 is 2.67 bits per heavy atom. The van der Waals surface area contributed by atoms with E-state index in [2.05, 4.69) is 15.9 Å². The summed E-state index contributed by atoms with van der Waals surface area (Å²) in [5, 5.41) is 10.5. The van der Waals surface area contributed by atoms with E-state index in [1.54, 1.807) is 0 Å². The molecule has 0 unspecified atom stereocenters. The first-order valence-electron chi connectivity index (χ1n) is 4.01. The average molecular weight is 276 g/mol. The fourth-order valence-electron chi connectivity index (χ4n) is 1.27. The molecule has 0 aliphatic carbocycles. The largest absolute Gasteiger partial charge is 0.293 e. The summed E-state index contributed by atoms with van der Waals surface area (Å²) in [6.07, 6.45) is 0. The Balaban J connectivity index is 3.43. The maximum atomic E-state index is 13.3. The van der Waals surface area contributed by atoms with Gasteiger partial charge in [-0.1, -0.05) is 15.9 Å². The number of hydrogen-bond acceptors (Lipinski definition) is 3. The Kier molecular flexibility index (Phi) is 3.52. The predicted molar refractivity (Wildman–Crippen MR) is 55.9 cm³/mol. The van der Waals surface area contributed by atoms with Gasteiger partial charge in [-0.05, 0) is 13.0 Å². The molecule has 6 heteroatoms. The van der Waals surface area contributed by atoms with Crippen molar-refractivity contribution in [2.45, 2.75) is 6.92 Å². The summed E-state index contributed by atoms with van der Waals surface area (Å²) >= 11 is 2.90. The number of carbonyl (C=O) groups excluding carboxylic acids is 1. The smallest absolute Gasteiger partial charge is 0.273 e. The molecule has 0 aromatic heterocycles. The van der Waals surface area contributed by atoms with Gasteiger partial charge in [0.15, 0.2) is 5.78 Å². The summed E-state index contributed by atoms with van der Waals surface area (Å²) < 4.78 is 13.3. The van der Waals surface area contributed by atoms with E-state index in [1.165, 1.54) is 6.92 Å². The minimum atomic E-state index is -0.734. The van der Waals surface area contributed by atoms with Crippen molar-refractivity contribution < 1.29 is 14.1 Å². The number of benzene rings is 1. The third kappa shape index (κ3) is 2.20. The summed E-state index contributed by atoms with van der Waals surface area (Å²) in [7, 11) is 0. The number of halogens is 2.